The molecule has 2 aliphatic carbocycles. The molecule has 15 nitrogen and oxygen atoms in total. The van der Waals surface area contributed by atoms with Crippen LogP contribution in [0.25, 0.3) is 0 Å². The van der Waals surface area contributed by atoms with Crippen LogP contribution in [0.4, 0.5) is 4.79 Å². The molecule has 0 bridgehead atoms. The van der Waals surface area contributed by atoms with Crippen LogP contribution in [0.3, 0.4) is 0 Å². The number of carbonyl (C=O) groups is 6. The van der Waals surface area contributed by atoms with Crippen molar-refractivity contribution in [3.8, 4) is 0 Å². The summed E-state index contributed by atoms with van der Waals surface area (Å²) >= 11 is 0. The van der Waals surface area contributed by atoms with E-state index in [9.17, 15) is 28.8 Å². The summed E-state index contributed by atoms with van der Waals surface area (Å²) in [4.78, 5) is 79.7. The van der Waals surface area contributed by atoms with E-state index in [2.05, 4.69) is 63.7 Å². The van der Waals surface area contributed by atoms with Crippen LogP contribution in [0.5, 0.6) is 0 Å². The second-order valence-electron chi connectivity index (χ2n) is 13.1. The van der Waals surface area contributed by atoms with Crippen LogP contribution in [0.15, 0.2) is 10.2 Å². The molecule has 15 heteroatoms. The zero-order valence-electron chi connectivity index (χ0n) is 29.2. The number of barbiturate groups is 1. The Morgan fingerprint density at radius 2 is 1.15 bits per heavy atom. The summed E-state index contributed by atoms with van der Waals surface area (Å²) in [6.45, 7) is 15.3. The van der Waals surface area contributed by atoms with Gasteiger partial charge in [-0.05, 0) is 97.1 Å². The van der Waals surface area contributed by atoms with Gasteiger partial charge in [-0.2, -0.15) is 10.2 Å². The van der Waals surface area contributed by atoms with Gasteiger partial charge in [0.15, 0.2) is 0 Å². The highest BCUT2D eigenvalue weighted by atomic mass is 16.2. The molecule has 48 heavy (non-hydrogen) atoms. The van der Waals surface area contributed by atoms with Crippen molar-refractivity contribution in [2.45, 2.75) is 104 Å². The first-order valence-electron chi connectivity index (χ1n) is 17.9. The van der Waals surface area contributed by atoms with Gasteiger partial charge >= 0.3 is 6.03 Å². The Balaban J connectivity index is 1.54. The molecule has 0 aromatic carbocycles. The number of hydrogen-bond donors (Lipinski definition) is 5. The first kappa shape index (κ1) is 39.0. The summed E-state index contributed by atoms with van der Waals surface area (Å²) in [6, 6.07) is -2.83. The molecule has 2 saturated carbocycles. The van der Waals surface area contributed by atoms with E-state index in [-0.39, 0.29) is 47.6 Å². The summed E-state index contributed by atoms with van der Waals surface area (Å²) in [7, 11) is 0. The lowest BCUT2D eigenvalue weighted by Gasteiger charge is -2.35. The molecule has 3 rings (SSSR count). The highest BCUT2D eigenvalue weighted by Gasteiger charge is 2.38. The number of nitrogens with zero attached hydrogens (tertiary/aromatic N) is 4. The molecule has 0 spiro atoms. The summed E-state index contributed by atoms with van der Waals surface area (Å²) in [6.07, 6.45) is 5.33. The molecule has 3 aliphatic rings. The van der Waals surface area contributed by atoms with E-state index in [1.54, 1.807) is 0 Å². The number of azo groups is 1. The molecule has 0 aromatic heterocycles. The van der Waals surface area contributed by atoms with Gasteiger partial charge in [0.2, 0.25) is 23.8 Å². The third-order valence-electron chi connectivity index (χ3n) is 9.87. The smallest absolute Gasteiger partial charge is 0.328 e. The lowest BCUT2D eigenvalue weighted by Crippen LogP contribution is -2.57. The van der Waals surface area contributed by atoms with E-state index in [1.807, 2.05) is 10.6 Å². The molecule has 1 heterocycles. The van der Waals surface area contributed by atoms with Gasteiger partial charge in [0.05, 0.1) is 6.04 Å². The third kappa shape index (κ3) is 12.2. The maximum absolute atomic E-state index is 13.4. The Morgan fingerprint density at radius 1 is 0.667 bits per heavy atom. The lowest BCUT2D eigenvalue weighted by atomic mass is 9.77. The predicted octanol–water partition coefficient (Wildman–Crippen LogP) is 1.33. The minimum Gasteiger partial charge on any atom is -0.356 e. The van der Waals surface area contributed by atoms with Crippen molar-refractivity contribution in [1.82, 2.24) is 36.4 Å². The quantitative estimate of drug-likeness (QED) is 0.0816. The molecule has 0 radical (unpaired) electrons. The van der Waals surface area contributed by atoms with E-state index >= 15 is 0 Å². The Kier molecular flexibility index (Phi) is 16.4. The normalized spacial score (nSPS) is 25.2. The number of urea groups is 1. The largest absolute Gasteiger partial charge is 0.356 e. The minimum absolute atomic E-state index is 0.0663. The van der Waals surface area contributed by atoms with Crippen molar-refractivity contribution in [1.29, 1.82) is 0 Å². The number of rotatable bonds is 18. The van der Waals surface area contributed by atoms with E-state index in [0.717, 1.165) is 52.1 Å². The number of amides is 7. The fourth-order valence-electron chi connectivity index (χ4n) is 6.81. The molecular formula is C33H57N9O6. The minimum atomic E-state index is -1.41. The van der Waals surface area contributed by atoms with Gasteiger partial charge in [0.25, 0.3) is 11.8 Å². The molecule has 0 aromatic rings. The molecule has 2 unspecified atom stereocenters. The van der Waals surface area contributed by atoms with Gasteiger partial charge < -0.3 is 25.8 Å². The standard InChI is InChI=1S/C33H57N9O6/c1-5-41(6-2)17-9-15-34-28(43)23-19-24(29(44)35-16-10-18-42(7-3)8-4)21-26(20-23)36-30(45)22-11-13-25(14-12-22)39-40-27-31(46)37-33(48)38-32(27)47/h22-27H,5-21H2,1-4H3,(H,34,43)(H,35,44)(H,36,45)(H2,37,38,46,47,48). The van der Waals surface area contributed by atoms with Gasteiger partial charge in [-0.3, -0.25) is 34.6 Å². The van der Waals surface area contributed by atoms with Crippen LogP contribution < -0.4 is 26.6 Å². The number of imide groups is 2. The third-order valence-corrected chi connectivity index (χ3v) is 9.87. The van der Waals surface area contributed by atoms with Gasteiger partial charge in [-0.25, -0.2) is 4.79 Å². The van der Waals surface area contributed by atoms with Gasteiger partial charge in [-0.15, -0.1) is 0 Å². The molecule has 1 saturated heterocycles. The SMILES string of the molecule is CCN(CC)CCCNC(=O)C1CC(NC(=O)C2CCC(N=NC3C(=O)NC(=O)NC3=O)CC2)CC(C(=O)NCCCN(CC)CC)C1. The van der Waals surface area contributed by atoms with E-state index in [1.165, 1.54) is 0 Å². The first-order valence-corrected chi connectivity index (χ1v) is 17.9. The topological polar surface area (TPSA) is 194 Å². The average molecular weight is 676 g/mol. The van der Waals surface area contributed by atoms with Gasteiger partial charge in [0.1, 0.15) is 0 Å². The Labute approximate surface area is 284 Å². The Bertz CT molecular complexity index is 1070. The van der Waals surface area contributed by atoms with E-state index in [4.69, 9.17) is 0 Å². The number of nitrogens with one attached hydrogen (secondary N) is 5. The molecule has 3 fully saturated rings. The molecular weight excluding hydrogens is 618 g/mol. The molecule has 1 aliphatic heterocycles. The van der Waals surface area contributed by atoms with E-state index in [0.29, 0.717) is 58.0 Å². The maximum Gasteiger partial charge on any atom is 0.328 e. The molecule has 270 valence electrons. The summed E-state index contributed by atoms with van der Waals surface area (Å²) < 4.78 is 0. The predicted molar refractivity (Wildman–Crippen MR) is 180 cm³/mol. The summed E-state index contributed by atoms with van der Waals surface area (Å²) in [5.74, 6) is -2.85. The van der Waals surface area contributed by atoms with Crippen molar-refractivity contribution in [3.05, 3.63) is 0 Å². The fraction of sp³-hybridized carbons (Fsp3) is 0.818. The van der Waals surface area contributed by atoms with Gasteiger partial charge in [-0.1, -0.05) is 27.7 Å². The van der Waals surface area contributed by atoms with Gasteiger partial charge in [0, 0.05) is 36.9 Å². The number of hydrogen-bond acceptors (Lipinski definition) is 10. The van der Waals surface area contributed by atoms with Crippen molar-refractivity contribution in [2.75, 3.05) is 52.4 Å². The Morgan fingerprint density at radius 3 is 1.60 bits per heavy atom. The summed E-state index contributed by atoms with van der Waals surface area (Å²) in [5.41, 5.74) is 0. The van der Waals surface area contributed by atoms with Crippen molar-refractivity contribution in [2.24, 2.45) is 28.0 Å². The van der Waals surface area contributed by atoms with Crippen LogP contribution >= 0.6 is 0 Å². The monoisotopic (exact) mass is 675 g/mol. The first-order chi connectivity index (χ1) is 23.1. The highest BCUT2D eigenvalue weighted by Crippen LogP contribution is 2.32. The van der Waals surface area contributed by atoms with E-state index < -0.39 is 23.9 Å². The van der Waals surface area contributed by atoms with Crippen LogP contribution in [-0.4, -0.2) is 116 Å². The highest BCUT2D eigenvalue weighted by molar-refractivity contribution is 6.18. The van der Waals surface area contributed by atoms with Crippen molar-refractivity contribution < 1.29 is 28.8 Å². The average Bonchev–Trinajstić information content (AvgIpc) is 3.07. The zero-order valence-corrected chi connectivity index (χ0v) is 29.2. The maximum atomic E-state index is 13.4. The Hall–Kier alpha value is -3.46. The second kappa shape index (κ2) is 20.1. The lowest BCUT2D eigenvalue weighted by molar-refractivity contribution is -0.134. The van der Waals surface area contributed by atoms with Crippen molar-refractivity contribution >= 4 is 35.6 Å². The second-order valence-corrected chi connectivity index (χ2v) is 13.1. The van der Waals surface area contributed by atoms with Crippen molar-refractivity contribution in [3.63, 3.8) is 0 Å². The fourth-order valence-corrected chi connectivity index (χ4v) is 6.81. The molecule has 7 amide bonds. The summed E-state index contributed by atoms with van der Waals surface area (Å²) in [5, 5.41) is 21.4. The van der Waals surface area contributed by atoms with Crippen LogP contribution in [0.2, 0.25) is 0 Å². The van der Waals surface area contributed by atoms with Crippen LogP contribution in [-0.2, 0) is 24.0 Å². The molecule has 5 N–H and O–H groups in total. The van der Waals surface area contributed by atoms with Crippen LogP contribution in [0.1, 0.15) is 85.5 Å². The molecule has 2 atom stereocenters. The van der Waals surface area contributed by atoms with Crippen LogP contribution in [0, 0.1) is 17.8 Å². The zero-order chi connectivity index (χ0) is 35.1. The number of carbonyl (C=O) groups excluding carboxylic acids is 6.